The Morgan fingerprint density at radius 3 is 2.22 bits per heavy atom. The second kappa shape index (κ2) is 7.69. The van der Waals surface area contributed by atoms with Crippen molar-refractivity contribution < 1.29 is 4.42 Å². The molecular weight excluding hydrogens is 460 g/mol. The van der Waals surface area contributed by atoms with Crippen LogP contribution in [-0.2, 0) is 0 Å². The normalized spacial score (nSPS) is 15.5. The number of rotatable bonds is 2. The first-order valence-electron chi connectivity index (χ1n) is 12.3. The lowest BCUT2D eigenvalue weighted by molar-refractivity contribution is 0.627. The van der Waals surface area contributed by atoms with Crippen molar-refractivity contribution in [1.29, 1.82) is 0 Å². The zero-order valence-electron chi connectivity index (χ0n) is 19.4. The predicted octanol–water partition coefficient (Wildman–Crippen LogP) is 8.68. The minimum Gasteiger partial charge on any atom is -0.455 e. The summed E-state index contributed by atoms with van der Waals surface area (Å²) >= 11 is 1.87. The number of para-hydroxylation sites is 1. The lowest BCUT2D eigenvalue weighted by atomic mass is 9.97. The van der Waals surface area contributed by atoms with Crippen molar-refractivity contribution in [3.05, 3.63) is 114 Å². The van der Waals surface area contributed by atoms with Gasteiger partial charge >= 0.3 is 0 Å². The summed E-state index contributed by atoms with van der Waals surface area (Å²) in [6.07, 6.45) is 0. The van der Waals surface area contributed by atoms with Gasteiger partial charge < -0.3 is 9.73 Å². The molecule has 3 heterocycles. The third-order valence-electron chi connectivity index (χ3n) is 7.37. The molecule has 7 aromatic rings. The van der Waals surface area contributed by atoms with Crippen molar-refractivity contribution in [2.45, 2.75) is 6.04 Å². The quantitative estimate of drug-likeness (QED) is 0.259. The first kappa shape index (κ1) is 20.1. The molecule has 0 amide bonds. The first-order valence-corrected chi connectivity index (χ1v) is 13.1. The van der Waals surface area contributed by atoms with Crippen LogP contribution in [0.3, 0.4) is 0 Å². The number of hydrogen-bond acceptors (Lipinski definition) is 4. The summed E-state index contributed by atoms with van der Waals surface area (Å²) in [6, 6.07) is 36.7. The number of nitrogens with one attached hydrogen (secondary N) is 2. The Labute approximate surface area is 212 Å². The summed E-state index contributed by atoms with van der Waals surface area (Å²) in [5, 5.41) is 13.4. The third kappa shape index (κ3) is 2.77. The summed E-state index contributed by atoms with van der Waals surface area (Å²) in [7, 11) is 0. The monoisotopic (exact) mass is 482 g/mol. The van der Waals surface area contributed by atoms with Gasteiger partial charge in [0.1, 0.15) is 11.2 Å². The smallest absolute Gasteiger partial charge is 0.146 e. The van der Waals surface area contributed by atoms with Crippen molar-refractivity contribution >= 4 is 59.8 Å². The number of thiophene rings is 1. The molecule has 1 aliphatic rings. The van der Waals surface area contributed by atoms with Crippen LogP contribution < -0.4 is 10.6 Å². The molecule has 2 N–H and O–H groups in total. The van der Waals surface area contributed by atoms with Crippen LogP contribution in [0.4, 0.5) is 5.69 Å². The highest BCUT2D eigenvalue weighted by atomic mass is 32.1. The molecule has 36 heavy (non-hydrogen) atoms. The van der Waals surface area contributed by atoms with Crippen LogP contribution >= 0.6 is 11.3 Å². The van der Waals surface area contributed by atoms with E-state index >= 15 is 0 Å². The fourth-order valence-corrected chi connectivity index (χ4v) is 7.21. The molecule has 0 radical (unpaired) electrons. The van der Waals surface area contributed by atoms with E-state index in [1.165, 1.54) is 47.9 Å². The van der Waals surface area contributed by atoms with Crippen LogP contribution in [0.5, 0.6) is 0 Å². The Balaban J connectivity index is 1.53. The summed E-state index contributed by atoms with van der Waals surface area (Å²) in [5.41, 5.74) is 6.69. The maximum absolute atomic E-state index is 6.87. The van der Waals surface area contributed by atoms with E-state index in [4.69, 9.17) is 4.42 Å². The van der Waals surface area contributed by atoms with Gasteiger partial charge in [0.25, 0.3) is 0 Å². The van der Waals surface area contributed by atoms with Crippen LogP contribution in [0, 0.1) is 0 Å². The van der Waals surface area contributed by atoms with Gasteiger partial charge in [-0.3, -0.25) is 5.32 Å². The standard InChI is InChI=1S/C32H22N2OS/c1-3-10-19(11-4-1)21-16-9-17-24-25-22-14-7-8-15-23(22)31-26(30(25)35-29(21)24)28-32(36-31)27(33-18-34-28)20-12-5-2-6-13-20/h1-17,27,33-34H,18H2. The topological polar surface area (TPSA) is 37.2 Å². The van der Waals surface area contributed by atoms with Gasteiger partial charge in [0.05, 0.1) is 28.7 Å². The van der Waals surface area contributed by atoms with Crippen molar-refractivity contribution in [3.63, 3.8) is 0 Å². The maximum atomic E-state index is 6.87. The molecule has 0 saturated carbocycles. The molecule has 4 heteroatoms. The fraction of sp³-hybridized carbons (Fsp3) is 0.0625. The van der Waals surface area contributed by atoms with E-state index in [0.717, 1.165) is 22.1 Å². The van der Waals surface area contributed by atoms with Gasteiger partial charge in [0.15, 0.2) is 0 Å². The summed E-state index contributed by atoms with van der Waals surface area (Å²) in [6.45, 7) is 0.711. The molecule has 1 atom stereocenters. The second-order valence-corrected chi connectivity index (χ2v) is 10.4. The van der Waals surface area contributed by atoms with Gasteiger partial charge in [0, 0.05) is 26.4 Å². The highest BCUT2D eigenvalue weighted by molar-refractivity contribution is 7.21. The van der Waals surface area contributed by atoms with Gasteiger partial charge in [-0.15, -0.1) is 11.3 Å². The average molecular weight is 483 g/mol. The Kier molecular flexibility index (Phi) is 4.30. The van der Waals surface area contributed by atoms with Gasteiger partial charge in [-0.05, 0) is 16.5 Å². The van der Waals surface area contributed by atoms with Gasteiger partial charge in [-0.25, -0.2) is 0 Å². The largest absolute Gasteiger partial charge is 0.455 e. The summed E-state index contributed by atoms with van der Waals surface area (Å²) in [4.78, 5) is 1.31. The molecule has 1 unspecified atom stereocenters. The fourth-order valence-electron chi connectivity index (χ4n) is 5.79. The van der Waals surface area contributed by atoms with Crippen molar-refractivity contribution in [3.8, 4) is 11.1 Å². The SMILES string of the molecule is c1ccc(-c2cccc3c2oc2c4c5c(sc4c4ccccc4c32)C(c2ccccc2)NCN5)cc1. The number of hydrogen-bond donors (Lipinski definition) is 2. The van der Waals surface area contributed by atoms with Crippen molar-refractivity contribution in [1.82, 2.24) is 5.32 Å². The second-order valence-electron chi connectivity index (χ2n) is 9.35. The molecule has 3 nitrogen and oxygen atoms in total. The molecule has 0 saturated heterocycles. The summed E-state index contributed by atoms with van der Waals surface area (Å²) in [5.74, 6) is 0. The zero-order valence-corrected chi connectivity index (χ0v) is 20.2. The number of anilines is 1. The highest BCUT2D eigenvalue weighted by Crippen LogP contribution is 2.51. The zero-order chi connectivity index (χ0) is 23.6. The van der Waals surface area contributed by atoms with Crippen LogP contribution in [0.25, 0.3) is 53.9 Å². The van der Waals surface area contributed by atoms with E-state index in [1.807, 2.05) is 11.3 Å². The van der Waals surface area contributed by atoms with E-state index in [2.05, 4.69) is 114 Å². The molecule has 172 valence electrons. The van der Waals surface area contributed by atoms with E-state index in [-0.39, 0.29) is 6.04 Å². The van der Waals surface area contributed by atoms with Crippen LogP contribution in [-0.4, -0.2) is 6.67 Å². The molecule has 5 aromatic carbocycles. The van der Waals surface area contributed by atoms with Crippen LogP contribution in [0.15, 0.2) is 108 Å². The minimum atomic E-state index is 0.151. The van der Waals surface area contributed by atoms with Crippen LogP contribution in [0.2, 0.25) is 0 Å². The van der Waals surface area contributed by atoms with Gasteiger partial charge in [0.2, 0.25) is 0 Å². The van der Waals surface area contributed by atoms with E-state index in [9.17, 15) is 0 Å². The minimum absolute atomic E-state index is 0.151. The average Bonchev–Trinajstić information content (AvgIpc) is 3.53. The molecule has 2 aromatic heterocycles. The van der Waals surface area contributed by atoms with Crippen LogP contribution in [0.1, 0.15) is 16.5 Å². The Morgan fingerprint density at radius 1 is 0.667 bits per heavy atom. The van der Waals surface area contributed by atoms with Gasteiger partial charge in [-0.2, -0.15) is 0 Å². The first-order chi connectivity index (χ1) is 17.9. The number of fused-ring (bicyclic) bond motifs is 10. The molecule has 0 fully saturated rings. The van der Waals surface area contributed by atoms with E-state index < -0.39 is 0 Å². The Morgan fingerprint density at radius 2 is 1.39 bits per heavy atom. The lowest BCUT2D eigenvalue weighted by Crippen LogP contribution is -2.32. The summed E-state index contributed by atoms with van der Waals surface area (Å²) < 4.78 is 8.15. The van der Waals surface area contributed by atoms with Crippen molar-refractivity contribution in [2.75, 3.05) is 12.0 Å². The molecule has 0 bridgehead atoms. The maximum Gasteiger partial charge on any atom is 0.146 e. The highest BCUT2D eigenvalue weighted by Gasteiger charge is 2.29. The Hall–Kier alpha value is -4.12. The Bertz CT molecular complexity index is 1920. The number of furan rings is 1. The molecule has 0 spiro atoms. The molecule has 8 rings (SSSR count). The third-order valence-corrected chi connectivity index (χ3v) is 8.66. The van der Waals surface area contributed by atoms with E-state index in [0.29, 0.717) is 6.67 Å². The van der Waals surface area contributed by atoms with E-state index in [1.54, 1.807) is 0 Å². The molecule has 0 aliphatic carbocycles. The molecular formula is C32H22N2OS. The lowest BCUT2D eigenvalue weighted by Gasteiger charge is -2.25. The predicted molar refractivity (Wildman–Crippen MR) is 152 cm³/mol. The molecule has 1 aliphatic heterocycles. The van der Waals surface area contributed by atoms with Crippen molar-refractivity contribution in [2.24, 2.45) is 0 Å². The number of benzene rings is 5. The van der Waals surface area contributed by atoms with Gasteiger partial charge in [-0.1, -0.05) is 103 Å².